The summed E-state index contributed by atoms with van der Waals surface area (Å²) in [5, 5.41) is 4.35. The lowest BCUT2D eigenvalue weighted by Crippen LogP contribution is -2.20. The number of rotatable bonds is 9. The number of carbonyl (C=O) groups excluding carboxylic acids is 1. The van der Waals surface area contributed by atoms with Crippen LogP contribution in [0.2, 0.25) is 0 Å². The van der Waals surface area contributed by atoms with Gasteiger partial charge in [-0.1, -0.05) is 70.4 Å². The van der Waals surface area contributed by atoms with Crippen LogP contribution >= 0.6 is 0 Å². The van der Waals surface area contributed by atoms with Crippen LogP contribution in [0.4, 0.5) is 0 Å². The first-order valence-corrected chi connectivity index (χ1v) is 8.04. The van der Waals surface area contributed by atoms with Gasteiger partial charge in [-0.25, -0.2) is 5.43 Å². The molecule has 0 spiro atoms. The molecule has 0 radical (unpaired) electrons. The Balaban J connectivity index is 2.56. The molecule has 0 unspecified atom stereocenters. The van der Waals surface area contributed by atoms with Crippen molar-refractivity contribution in [2.24, 2.45) is 11.0 Å². The van der Waals surface area contributed by atoms with Gasteiger partial charge in [0.2, 0.25) is 5.91 Å². The van der Waals surface area contributed by atoms with Crippen molar-refractivity contribution < 1.29 is 4.79 Å². The zero-order chi connectivity index (χ0) is 15.5. The topological polar surface area (TPSA) is 41.5 Å². The van der Waals surface area contributed by atoms with E-state index in [2.05, 4.69) is 31.3 Å². The third kappa shape index (κ3) is 7.64. The van der Waals surface area contributed by atoms with Gasteiger partial charge in [0.25, 0.3) is 0 Å². The van der Waals surface area contributed by atoms with E-state index in [4.69, 9.17) is 0 Å². The van der Waals surface area contributed by atoms with E-state index >= 15 is 0 Å². The Labute approximate surface area is 128 Å². The molecule has 1 N–H and O–H groups in total. The molecule has 1 rings (SSSR count). The van der Waals surface area contributed by atoms with Crippen molar-refractivity contribution >= 4 is 11.6 Å². The van der Waals surface area contributed by atoms with Crippen LogP contribution in [0.1, 0.15) is 64.9 Å². The van der Waals surface area contributed by atoms with E-state index in [-0.39, 0.29) is 5.91 Å². The summed E-state index contributed by atoms with van der Waals surface area (Å²) in [6.45, 7) is 6.48. The van der Waals surface area contributed by atoms with E-state index in [0.717, 1.165) is 30.5 Å². The van der Waals surface area contributed by atoms with E-state index < -0.39 is 0 Å². The molecule has 116 valence electrons. The summed E-state index contributed by atoms with van der Waals surface area (Å²) < 4.78 is 0. The highest BCUT2D eigenvalue weighted by Crippen LogP contribution is 2.10. The van der Waals surface area contributed by atoms with Gasteiger partial charge in [0.05, 0.1) is 5.71 Å². The highest BCUT2D eigenvalue weighted by Gasteiger charge is 2.07. The molecule has 3 nitrogen and oxygen atoms in total. The molecule has 1 amide bonds. The Hall–Kier alpha value is -1.64. The SMILES string of the molecule is CCCCCCC(=O)NN=C(CC(C)C)c1ccccc1. The summed E-state index contributed by atoms with van der Waals surface area (Å²) >= 11 is 0. The second-order valence-electron chi connectivity index (χ2n) is 5.87. The van der Waals surface area contributed by atoms with Crippen molar-refractivity contribution in [2.45, 2.75) is 59.3 Å². The Morgan fingerprint density at radius 2 is 1.86 bits per heavy atom. The lowest BCUT2D eigenvalue weighted by Gasteiger charge is -2.10. The van der Waals surface area contributed by atoms with Gasteiger partial charge in [0.15, 0.2) is 0 Å². The fourth-order valence-corrected chi connectivity index (χ4v) is 2.14. The number of hydrogen-bond acceptors (Lipinski definition) is 2. The Morgan fingerprint density at radius 1 is 1.14 bits per heavy atom. The quantitative estimate of drug-likeness (QED) is 0.405. The maximum Gasteiger partial charge on any atom is 0.240 e. The monoisotopic (exact) mass is 288 g/mol. The fraction of sp³-hybridized carbons (Fsp3) is 0.556. The third-order valence-corrected chi connectivity index (χ3v) is 3.28. The third-order valence-electron chi connectivity index (χ3n) is 3.28. The minimum absolute atomic E-state index is 0.0169. The predicted molar refractivity (Wildman–Crippen MR) is 89.3 cm³/mol. The summed E-state index contributed by atoms with van der Waals surface area (Å²) in [7, 11) is 0. The van der Waals surface area contributed by atoms with Crippen LogP contribution in [0.15, 0.2) is 35.4 Å². The zero-order valence-corrected chi connectivity index (χ0v) is 13.6. The fourth-order valence-electron chi connectivity index (χ4n) is 2.14. The van der Waals surface area contributed by atoms with Gasteiger partial charge in [0, 0.05) is 6.42 Å². The lowest BCUT2D eigenvalue weighted by atomic mass is 10.0. The van der Waals surface area contributed by atoms with Crippen molar-refractivity contribution in [2.75, 3.05) is 0 Å². The first-order chi connectivity index (χ1) is 10.1. The molecule has 0 saturated carbocycles. The van der Waals surface area contributed by atoms with E-state index in [0.29, 0.717) is 12.3 Å². The number of nitrogens with zero attached hydrogens (tertiary/aromatic N) is 1. The molecule has 1 aromatic carbocycles. The lowest BCUT2D eigenvalue weighted by molar-refractivity contribution is -0.121. The second-order valence-corrected chi connectivity index (χ2v) is 5.87. The average molecular weight is 288 g/mol. The molecule has 3 heteroatoms. The number of unbranched alkanes of at least 4 members (excludes halogenated alkanes) is 3. The summed E-state index contributed by atoms with van der Waals surface area (Å²) in [4.78, 5) is 11.8. The molecule has 0 saturated heterocycles. The molecular weight excluding hydrogens is 260 g/mol. The summed E-state index contributed by atoms with van der Waals surface area (Å²) in [5.41, 5.74) is 4.74. The standard InChI is InChI=1S/C18H28N2O/c1-4-5-6-10-13-18(21)20-19-17(14-15(2)3)16-11-8-7-9-12-16/h7-9,11-12,15H,4-6,10,13-14H2,1-3H3,(H,20,21). The van der Waals surface area contributed by atoms with Crippen LogP contribution in [-0.2, 0) is 4.79 Å². The van der Waals surface area contributed by atoms with Crippen LogP contribution in [0, 0.1) is 5.92 Å². The number of hydrogen-bond donors (Lipinski definition) is 1. The summed E-state index contributed by atoms with van der Waals surface area (Å²) in [6, 6.07) is 10.1. The van der Waals surface area contributed by atoms with Gasteiger partial charge in [-0.2, -0.15) is 5.10 Å². The van der Waals surface area contributed by atoms with Gasteiger partial charge in [-0.05, 0) is 24.3 Å². The second kappa shape index (κ2) is 10.1. The minimum atomic E-state index is 0.0169. The Kier molecular flexibility index (Phi) is 8.41. The first-order valence-electron chi connectivity index (χ1n) is 8.04. The predicted octanol–water partition coefficient (Wildman–Crippen LogP) is 4.52. The van der Waals surface area contributed by atoms with Gasteiger partial charge in [0.1, 0.15) is 0 Å². The van der Waals surface area contributed by atoms with E-state index in [1.165, 1.54) is 12.8 Å². The van der Waals surface area contributed by atoms with Crippen LogP contribution < -0.4 is 5.43 Å². The normalized spacial score (nSPS) is 11.7. The van der Waals surface area contributed by atoms with Gasteiger partial charge >= 0.3 is 0 Å². The highest BCUT2D eigenvalue weighted by molar-refractivity contribution is 6.01. The van der Waals surface area contributed by atoms with Crippen LogP contribution in [-0.4, -0.2) is 11.6 Å². The van der Waals surface area contributed by atoms with Crippen molar-refractivity contribution in [1.29, 1.82) is 0 Å². The first kappa shape index (κ1) is 17.4. The molecule has 0 bridgehead atoms. The molecule has 1 aromatic rings. The molecule has 0 aromatic heterocycles. The van der Waals surface area contributed by atoms with E-state index in [9.17, 15) is 4.79 Å². The molecule has 0 fully saturated rings. The number of carbonyl (C=O) groups is 1. The van der Waals surface area contributed by atoms with Crippen LogP contribution in [0.25, 0.3) is 0 Å². The van der Waals surface area contributed by atoms with E-state index in [1.54, 1.807) is 0 Å². The van der Waals surface area contributed by atoms with Gasteiger partial charge < -0.3 is 0 Å². The number of amides is 1. The summed E-state index contributed by atoms with van der Waals surface area (Å²) in [6.07, 6.45) is 5.87. The molecule has 0 aliphatic rings. The smallest absolute Gasteiger partial charge is 0.240 e. The van der Waals surface area contributed by atoms with Crippen molar-refractivity contribution in [1.82, 2.24) is 5.43 Å². The van der Waals surface area contributed by atoms with Gasteiger partial charge in [-0.15, -0.1) is 0 Å². The summed E-state index contributed by atoms with van der Waals surface area (Å²) in [5.74, 6) is 0.522. The van der Waals surface area contributed by atoms with Crippen molar-refractivity contribution in [3.63, 3.8) is 0 Å². The number of nitrogens with one attached hydrogen (secondary N) is 1. The largest absolute Gasteiger partial charge is 0.273 e. The van der Waals surface area contributed by atoms with Crippen molar-refractivity contribution in [3.8, 4) is 0 Å². The maximum atomic E-state index is 11.8. The number of hydrazone groups is 1. The molecule has 21 heavy (non-hydrogen) atoms. The molecule has 0 aliphatic heterocycles. The van der Waals surface area contributed by atoms with E-state index in [1.807, 2.05) is 30.3 Å². The van der Waals surface area contributed by atoms with Crippen LogP contribution in [0.5, 0.6) is 0 Å². The van der Waals surface area contributed by atoms with Crippen LogP contribution in [0.3, 0.4) is 0 Å². The Bertz CT molecular complexity index is 438. The zero-order valence-electron chi connectivity index (χ0n) is 13.6. The molecule has 0 aliphatic carbocycles. The molecule has 0 atom stereocenters. The maximum absolute atomic E-state index is 11.8. The minimum Gasteiger partial charge on any atom is -0.273 e. The molecular formula is C18H28N2O. The number of benzene rings is 1. The molecule has 0 heterocycles. The van der Waals surface area contributed by atoms with Gasteiger partial charge in [-0.3, -0.25) is 4.79 Å². The average Bonchev–Trinajstić information content (AvgIpc) is 2.48. The Morgan fingerprint density at radius 3 is 2.48 bits per heavy atom. The highest BCUT2D eigenvalue weighted by atomic mass is 16.2. The van der Waals surface area contributed by atoms with Crippen molar-refractivity contribution in [3.05, 3.63) is 35.9 Å².